The van der Waals surface area contributed by atoms with Gasteiger partial charge in [-0.2, -0.15) is 0 Å². The van der Waals surface area contributed by atoms with Crippen molar-refractivity contribution in [1.82, 2.24) is 5.32 Å². The minimum Gasteiger partial charge on any atom is -0.496 e. The lowest BCUT2D eigenvalue weighted by molar-refractivity contribution is 0.0475. The van der Waals surface area contributed by atoms with Gasteiger partial charge in [-0.3, -0.25) is 0 Å². The van der Waals surface area contributed by atoms with Crippen molar-refractivity contribution in [2.45, 2.75) is 45.8 Å². The molecule has 3 nitrogen and oxygen atoms in total. The van der Waals surface area contributed by atoms with Crippen molar-refractivity contribution in [2.24, 2.45) is 0 Å². The monoisotopic (exact) mass is 343 g/mol. The Hall–Kier alpha value is -0.580. The van der Waals surface area contributed by atoms with E-state index in [1.807, 2.05) is 19.1 Å². The molecule has 2 atom stereocenters. The van der Waals surface area contributed by atoms with Crippen molar-refractivity contribution in [3.8, 4) is 5.75 Å². The lowest BCUT2D eigenvalue weighted by Gasteiger charge is -2.26. The summed E-state index contributed by atoms with van der Waals surface area (Å²) in [6.45, 7) is 8.07. The SMILES string of the molecule is CCCNC(Cc1cc(Br)ccc1OC)C(C)OCC. The normalized spacial score (nSPS) is 14.1. The molecule has 0 spiro atoms. The van der Waals surface area contributed by atoms with Crippen LogP contribution in [0.2, 0.25) is 0 Å². The van der Waals surface area contributed by atoms with Gasteiger partial charge in [0.25, 0.3) is 0 Å². The molecule has 0 aromatic heterocycles. The molecule has 4 heteroatoms. The van der Waals surface area contributed by atoms with Gasteiger partial charge in [0.2, 0.25) is 0 Å². The Labute approximate surface area is 131 Å². The average molecular weight is 344 g/mol. The van der Waals surface area contributed by atoms with Gasteiger partial charge in [0, 0.05) is 17.1 Å². The molecule has 0 heterocycles. The highest BCUT2D eigenvalue weighted by molar-refractivity contribution is 9.10. The van der Waals surface area contributed by atoms with Gasteiger partial charge in [-0.1, -0.05) is 22.9 Å². The van der Waals surface area contributed by atoms with Gasteiger partial charge < -0.3 is 14.8 Å². The first-order valence-electron chi connectivity index (χ1n) is 7.29. The van der Waals surface area contributed by atoms with Crippen molar-refractivity contribution >= 4 is 15.9 Å². The van der Waals surface area contributed by atoms with Crippen molar-refractivity contribution in [1.29, 1.82) is 0 Å². The molecule has 2 unspecified atom stereocenters. The molecular formula is C16H26BrNO2. The molecule has 1 N–H and O–H groups in total. The lowest BCUT2D eigenvalue weighted by Crippen LogP contribution is -2.42. The molecule has 1 aromatic carbocycles. The van der Waals surface area contributed by atoms with Crippen LogP contribution in [0.15, 0.2) is 22.7 Å². The number of halogens is 1. The highest BCUT2D eigenvalue weighted by atomic mass is 79.9. The first-order chi connectivity index (χ1) is 9.62. The van der Waals surface area contributed by atoms with E-state index in [2.05, 4.69) is 41.2 Å². The second kappa shape index (κ2) is 9.37. The summed E-state index contributed by atoms with van der Waals surface area (Å²) in [4.78, 5) is 0. The van der Waals surface area contributed by atoms with Gasteiger partial charge in [-0.25, -0.2) is 0 Å². The molecule has 0 radical (unpaired) electrons. The summed E-state index contributed by atoms with van der Waals surface area (Å²) in [6.07, 6.45) is 2.18. The third-order valence-electron chi connectivity index (χ3n) is 3.33. The fourth-order valence-electron chi connectivity index (χ4n) is 2.26. The number of rotatable bonds is 9. The van der Waals surface area contributed by atoms with Gasteiger partial charge in [-0.05, 0) is 57.0 Å². The minimum absolute atomic E-state index is 0.176. The summed E-state index contributed by atoms with van der Waals surface area (Å²) in [5.41, 5.74) is 1.20. The molecule has 0 amide bonds. The Balaban J connectivity index is 2.84. The van der Waals surface area contributed by atoms with E-state index in [-0.39, 0.29) is 12.1 Å². The summed E-state index contributed by atoms with van der Waals surface area (Å²) >= 11 is 3.53. The Morgan fingerprint density at radius 3 is 2.65 bits per heavy atom. The van der Waals surface area contributed by atoms with E-state index in [1.54, 1.807) is 7.11 Å². The van der Waals surface area contributed by atoms with E-state index in [9.17, 15) is 0 Å². The number of hydrogen-bond donors (Lipinski definition) is 1. The maximum absolute atomic E-state index is 5.76. The third-order valence-corrected chi connectivity index (χ3v) is 3.83. The van der Waals surface area contributed by atoms with Crippen molar-refractivity contribution in [3.05, 3.63) is 28.2 Å². The van der Waals surface area contributed by atoms with Crippen LogP contribution in [0.1, 0.15) is 32.8 Å². The average Bonchev–Trinajstić information content (AvgIpc) is 2.43. The maximum Gasteiger partial charge on any atom is 0.122 e. The van der Waals surface area contributed by atoms with Gasteiger partial charge in [0.05, 0.1) is 13.2 Å². The largest absolute Gasteiger partial charge is 0.496 e. The molecule has 0 aliphatic heterocycles. The van der Waals surface area contributed by atoms with Crippen LogP contribution in [0, 0.1) is 0 Å². The molecular weight excluding hydrogens is 318 g/mol. The zero-order chi connectivity index (χ0) is 15.0. The van der Waals surface area contributed by atoms with Crippen LogP contribution < -0.4 is 10.1 Å². The Kier molecular flexibility index (Phi) is 8.19. The molecule has 1 aromatic rings. The first-order valence-corrected chi connectivity index (χ1v) is 8.09. The third kappa shape index (κ3) is 5.43. The number of benzene rings is 1. The van der Waals surface area contributed by atoms with Gasteiger partial charge in [0.15, 0.2) is 0 Å². The summed E-state index contributed by atoms with van der Waals surface area (Å²) in [6, 6.07) is 6.42. The van der Waals surface area contributed by atoms with E-state index >= 15 is 0 Å². The molecule has 0 bridgehead atoms. The fourth-order valence-corrected chi connectivity index (χ4v) is 2.66. The smallest absolute Gasteiger partial charge is 0.122 e. The molecule has 1 rings (SSSR count). The number of methoxy groups -OCH3 is 1. The molecule has 0 aliphatic carbocycles. The van der Waals surface area contributed by atoms with Crippen molar-refractivity contribution in [2.75, 3.05) is 20.3 Å². The lowest BCUT2D eigenvalue weighted by atomic mass is 10.0. The quantitative estimate of drug-likeness (QED) is 0.739. The van der Waals surface area contributed by atoms with Crippen molar-refractivity contribution in [3.63, 3.8) is 0 Å². The van der Waals surface area contributed by atoms with Crippen LogP contribution >= 0.6 is 15.9 Å². The van der Waals surface area contributed by atoms with Crippen LogP contribution in [-0.4, -0.2) is 32.4 Å². The molecule has 20 heavy (non-hydrogen) atoms. The van der Waals surface area contributed by atoms with Gasteiger partial charge in [0.1, 0.15) is 5.75 Å². The maximum atomic E-state index is 5.76. The summed E-state index contributed by atoms with van der Waals surface area (Å²) in [7, 11) is 1.72. The van der Waals surface area contributed by atoms with E-state index in [1.165, 1.54) is 5.56 Å². The van der Waals surface area contributed by atoms with Crippen molar-refractivity contribution < 1.29 is 9.47 Å². The van der Waals surface area contributed by atoms with Crippen LogP contribution in [-0.2, 0) is 11.2 Å². The predicted molar refractivity (Wildman–Crippen MR) is 87.6 cm³/mol. The predicted octanol–water partition coefficient (Wildman–Crippen LogP) is 3.79. The molecule has 114 valence electrons. The number of nitrogens with one attached hydrogen (secondary N) is 1. The van der Waals surface area contributed by atoms with Crippen LogP contribution in [0.4, 0.5) is 0 Å². The molecule has 0 aliphatic rings. The molecule has 0 saturated carbocycles. The van der Waals surface area contributed by atoms with E-state index < -0.39 is 0 Å². The zero-order valence-electron chi connectivity index (χ0n) is 12.9. The van der Waals surface area contributed by atoms with Crippen LogP contribution in [0.25, 0.3) is 0 Å². The Bertz CT molecular complexity index is 398. The fraction of sp³-hybridized carbons (Fsp3) is 0.625. The number of hydrogen-bond acceptors (Lipinski definition) is 3. The number of ether oxygens (including phenoxy) is 2. The topological polar surface area (TPSA) is 30.5 Å². The minimum atomic E-state index is 0.176. The Morgan fingerprint density at radius 1 is 1.30 bits per heavy atom. The van der Waals surface area contributed by atoms with Crippen LogP contribution in [0.5, 0.6) is 5.75 Å². The van der Waals surface area contributed by atoms with E-state index in [0.717, 1.165) is 36.2 Å². The highest BCUT2D eigenvalue weighted by Crippen LogP contribution is 2.25. The molecule has 0 fully saturated rings. The summed E-state index contributed by atoms with van der Waals surface area (Å²) < 4.78 is 12.3. The van der Waals surface area contributed by atoms with Crippen LogP contribution in [0.3, 0.4) is 0 Å². The van der Waals surface area contributed by atoms with E-state index in [4.69, 9.17) is 9.47 Å². The highest BCUT2D eigenvalue weighted by Gasteiger charge is 2.19. The molecule has 0 saturated heterocycles. The second-order valence-electron chi connectivity index (χ2n) is 4.88. The zero-order valence-corrected chi connectivity index (χ0v) is 14.5. The summed E-state index contributed by atoms with van der Waals surface area (Å²) in [5.74, 6) is 0.931. The Morgan fingerprint density at radius 2 is 2.05 bits per heavy atom. The first kappa shape index (κ1) is 17.5. The summed E-state index contributed by atoms with van der Waals surface area (Å²) in [5, 5.41) is 3.58. The van der Waals surface area contributed by atoms with Gasteiger partial charge >= 0.3 is 0 Å². The standard InChI is InChI=1S/C16H26BrNO2/c1-5-9-18-15(12(3)20-6-2)11-13-10-14(17)7-8-16(13)19-4/h7-8,10,12,15,18H,5-6,9,11H2,1-4H3. The van der Waals surface area contributed by atoms with Gasteiger partial charge in [-0.15, -0.1) is 0 Å². The van der Waals surface area contributed by atoms with E-state index in [0.29, 0.717) is 0 Å². The second-order valence-corrected chi connectivity index (χ2v) is 5.80.